The van der Waals surface area contributed by atoms with Gasteiger partial charge in [-0.05, 0) is 6.42 Å². The Bertz CT molecular complexity index is 632. The summed E-state index contributed by atoms with van der Waals surface area (Å²) >= 11 is 0. The van der Waals surface area contributed by atoms with Gasteiger partial charge in [0.1, 0.15) is 26.2 Å². The molecule has 31 heavy (non-hydrogen) atoms. The number of aliphatic hydroxyl groups excluding tert-OH is 1. The van der Waals surface area contributed by atoms with Crippen LogP contribution < -0.4 is 35.4 Å². The zero-order valence-corrected chi connectivity index (χ0v) is 21.1. The second kappa shape index (κ2) is 15.5. The number of carbonyl (C=O) groups excluding carboxylic acids is 2. The molecule has 3 N–H and O–H groups in total. The lowest BCUT2D eigenvalue weighted by molar-refractivity contribution is -0.813. The molecule has 0 aromatic carbocycles. The fourth-order valence-corrected chi connectivity index (χ4v) is 3.33. The van der Waals surface area contributed by atoms with E-state index in [9.17, 15) is 9.59 Å². The summed E-state index contributed by atoms with van der Waals surface area (Å²) in [7, 11) is 4.30. The van der Waals surface area contributed by atoms with Crippen molar-refractivity contribution in [3.05, 3.63) is 0 Å². The average molecular weight is 483 g/mol. The van der Waals surface area contributed by atoms with E-state index >= 15 is 0 Å². The molecule has 0 saturated carbocycles. The van der Waals surface area contributed by atoms with Crippen LogP contribution in [-0.4, -0.2) is 111 Å². The van der Waals surface area contributed by atoms with Crippen LogP contribution in [-0.2, 0) is 9.59 Å². The molecule has 0 bridgehead atoms. The van der Waals surface area contributed by atoms with E-state index in [4.69, 9.17) is 5.11 Å². The van der Waals surface area contributed by atoms with Crippen LogP contribution in [0.25, 0.3) is 0 Å². The highest BCUT2D eigenvalue weighted by molar-refractivity contribution is 5.76. The highest BCUT2D eigenvalue weighted by atomic mass is 35.5. The Morgan fingerprint density at radius 2 is 1.39 bits per heavy atom. The lowest BCUT2D eigenvalue weighted by Gasteiger charge is -2.28. The van der Waals surface area contributed by atoms with Crippen molar-refractivity contribution in [3.63, 3.8) is 0 Å². The molecule has 2 rings (SSSR count). The SMILES string of the molecule is CC(=O)NCC[N+]1(C)CCN=C1C.CC1=NCC[N+]1(C)CCNC(=O)CCCO.[Cl-].[Cl-]. The zero-order valence-electron chi connectivity index (χ0n) is 19.6. The molecule has 2 amide bonds. The molecule has 2 aliphatic heterocycles. The van der Waals surface area contributed by atoms with Gasteiger partial charge in [-0.2, -0.15) is 0 Å². The lowest BCUT2D eigenvalue weighted by Crippen LogP contribution is -3.00. The molecule has 2 unspecified atom stereocenters. The number of halogens is 2. The number of amidine groups is 2. The number of carbonyl (C=O) groups is 2. The predicted octanol–water partition coefficient (Wildman–Crippen LogP) is -6.24. The topological polar surface area (TPSA) is 103 Å². The predicted molar refractivity (Wildman–Crippen MR) is 116 cm³/mol. The monoisotopic (exact) mass is 482 g/mol. The first-order valence-electron chi connectivity index (χ1n) is 10.5. The van der Waals surface area contributed by atoms with Gasteiger partial charge in [0.2, 0.25) is 11.8 Å². The second-order valence-corrected chi connectivity index (χ2v) is 8.20. The number of amides is 2. The van der Waals surface area contributed by atoms with Gasteiger partial charge in [0, 0.05) is 33.8 Å². The van der Waals surface area contributed by atoms with Gasteiger partial charge >= 0.3 is 0 Å². The van der Waals surface area contributed by atoms with E-state index in [1.54, 1.807) is 6.92 Å². The largest absolute Gasteiger partial charge is 1.00 e. The van der Waals surface area contributed by atoms with Crippen LogP contribution in [0.3, 0.4) is 0 Å². The minimum Gasteiger partial charge on any atom is -1.00 e. The third-order valence-electron chi connectivity index (χ3n) is 5.90. The maximum Gasteiger partial charge on any atom is 0.220 e. The van der Waals surface area contributed by atoms with Crippen molar-refractivity contribution >= 4 is 23.5 Å². The quantitative estimate of drug-likeness (QED) is 0.285. The molecular formula is C20H40Cl2N6O3. The van der Waals surface area contributed by atoms with Gasteiger partial charge in [-0.3, -0.25) is 18.6 Å². The van der Waals surface area contributed by atoms with Crippen molar-refractivity contribution in [2.24, 2.45) is 9.98 Å². The molecule has 9 nitrogen and oxygen atoms in total. The minimum atomic E-state index is 0. The first-order chi connectivity index (χ1) is 13.6. The molecule has 2 heterocycles. The van der Waals surface area contributed by atoms with Crippen molar-refractivity contribution in [3.8, 4) is 0 Å². The Hall–Kier alpha value is -1.26. The smallest absolute Gasteiger partial charge is 0.220 e. The first kappa shape index (κ1) is 31.9. The maximum absolute atomic E-state index is 11.3. The molecule has 2 aliphatic rings. The molecule has 0 spiro atoms. The fraction of sp³-hybridized carbons (Fsp3) is 0.800. The summed E-state index contributed by atoms with van der Waals surface area (Å²) in [5.41, 5.74) is 0. The highest BCUT2D eigenvalue weighted by Crippen LogP contribution is 2.11. The van der Waals surface area contributed by atoms with E-state index in [-0.39, 0.29) is 43.2 Å². The standard InChI is InChI=1S/C11H21N3O2.C9H17N3O.2ClH/c1-10-12-5-7-14(10,2)8-6-13-11(16)4-3-9-15;1-8-10-4-6-12(8,3)7-5-11-9(2)13;;/h15H,3-9H2,1-2H3;4-7H2,1-3H3;2*1H. The van der Waals surface area contributed by atoms with Crippen molar-refractivity contribution in [2.45, 2.75) is 33.6 Å². The van der Waals surface area contributed by atoms with E-state index in [0.29, 0.717) is 19.4 Å². The molecule has 0 aromatic rings. The third kappa shape index (κ3) is 11.2. The van der Waals surface area contributed by atoms with Crippen molar-refractivity contribution < 1.29 is 48.5 Å². The van der Waals surface area contributed by atoms with Gasteiger partial charge in [-0.1, -0.05) is 0 Å². The Morgan fingerprint density at radius 3 is 1.74 bits per heavy atom. The summed E-state index contributed by atoms with van der Waals surface area (Å²) < 4.78 is 1.71. The number of nitrogens with zero attached hydrogens (tertiary/aromatic N) is 4. The third-order valence-corrected chi connectivity index (χ3v) is 5.90. The molecule has 11 heteroatoms. The molecule has 0 radical (unpaired) electrons. The summed E-state index contributed by atoms with van der Waals surface area (Å²) in [6.45, 7) is 12.9. The van der Waals surface area contributed by atoms with Gasteiger partial charge < -0.3 is 40.6 Å². The molecule has 0 fully saturated rings. The normalized spacial score (nSPS) is 23.9. The summed E-state index contributed by atoms with van der Waals surface area (Å²) in [6.07, 6.45) is 0.950. The molecule has 0 aromatic heterocycles. The maximum atomic E-state index is 11.3. The molecular weight excluding hydrogens is 443 g/mol. The van der Waals surface area contributed by atoms with Crippen LogP contribution in [0.4, 0.5) is 0 Å². The van der Waals surface area contributed by atoms with Crippen LogP contribution in [0.1, 0.15) is 33.6 Å². The van der Waals surface area contributed by atoms with Crippen LogP contribution in [0, 0.1) is 0 Å². The van der Waals surface area contributed by atoms with Crippen molar-refractivity contribution in [1.29, 1.82) is 0 Å². The van der Waals surface area contributed by atoms with E-state index < -0.39 is 0 Å². The summed E-state index contributed by atoms with van der Waals surface area (Å²) in [5, 5.41) is 14.3. The molecule has 2 atom stereocenters. The van der Waals surface area contributed by atoms with Gasteiger partial charge in [-0.15, -0.1) is 0 Å². The Morgan fingerprint density at radius 1 is 0.935 bits per heavy atom. The number of rotatable bonds is 9. The minimum absolute atomic E-state index is 0. The number of likely N-dealkylation sites (N-methyl/N-ethyl adjacent to an activating group) is 2. The van der Waals surface area contributed by atoms with Gasteiger partial charge in [0.15, 0.2) is 11.7 Å². The Balaban J connectivity index is 0. The zero-order chi connectivity index (χ0) is 21.9. The highest BCUT2D eigenvalue weighted by Gasteiger charge is 2.30. The van der Waals surface area contributed by atoms with E-state index in [2.05, 4.69) is 41.6 Å². The Kier molecular flexibility index (Phi) is 16.0. The molecule has 0 aliphatic carbocycles. The number of aliphatic imine (C=N–C) groups is 2. The van der Waals surface area contributed by atoms with Crippen LogP contribution in [0.15, 0.2) is 9.98 Å². The Labute approximate surface area is 199 Å². The van der Waals surface area contributed by atoms with E-state index in [1.165, 1.54) is 5.84 Å². The number of aliphatic hydroxyl groups is 1. The number of nitrogens with one attached hydrogen (secondary N) is 2. The van der Waals surface area contributed by atoms with Crippen LogP contribution >= 0.6 is 0 Å². The van der Waals surface area contributed by atoms with Crippen molar-refractivity contribution in [1.82, 2.24) is 10.6 Å². The first-order valence-corrected chi connectivity index (χ1v) is 10.5. The summed E-state index contributed by atoms with van der Waals surface area (Å²) in [5.74, 6) is 2.38. The average Bonchev–Trinajstić information content (AvgIpc) is 3.15. The second-order valence-electron chi connectivity index (χ2n) is 8.20. The number of hydrogen-bond donors (Lipinski definition) is 3. The summed E-state index contributed by atoms with van der Waals surface area (Å²) in [4.78, 5) is 30.7. The number of quaternary nitrogens is 2. The van der Waals surface area contributed by atoms with Crippen molar-refractivity contribution in [2.75, 3.05) is 73.1 Å². The lowest BCUT2D eigenvalue weighted by atomic mass is 10.3. The van der Waals surface area contributed by atoms with Gasteiger partial charge in [-0.25, -0.2) is 9.98 Å². The molecule has 0 saturated heterocycles. The van der Waals surface area contributed by atoms with Gasteiger partial charge in [0.05, 0.1) is 40.3 Å². The van der Waals surface area contributed by atoms with Crippen LogP contribution in [0.5, 0.6) is 0 Å². The molecule has 182 valence electrons. The van der Waals surface area contributed by atoms with E-state index in [1.807, 2.05) is 6.92 Å². The fourth-order valence-electron chi connectivity index (χ4n) is 3.33. The van der Waals surface area contributed by atoms with E-state index in [0.717, 1.165) is 60.6 Å². The summed E-state index contributed by atoms with van der Waals surface area (Å²) in [6, 6.07) is 0. The van der Waals surface area contributed by atoms with Crippen LogP contribution in [0.2, 0.25) is 0 Å². The van der Waals surface area contributed by atoms with Gasteiger partial charge in [0.25, 0.3) is 0 Å². The number of hydrogen-bond acceptors (Lipinski definition) is 5.